The van der Waals surface area contributed by atoms with Gasteiger partial charge in [0.25, 0.3) is 0 Å². The highest BCUT2D eigenvalue weighted by molar-refractivity contribution is 7.26. The van der Waals surface area contributed by atoms with Crippen LogP contribution in [0.1, 0.15) is 0 Å². The van der Waals surface area contributed by atoms with Gasteiger partial charge in [0, 0.05) is 52.8 Å². The number of para-hydroxylation sites is 3. The first-order valence-electron chi connectivity index (χ1n) is 16.9. The minimum absolute atomic E-state index is 0.595. The van der Waals surface area contributed by atoms with Gasteiger partial charge in [-0.15, -0.1) is 11.3 Å². The van der Waals surface area contributed by atoms with Gasteiger partial charge in [0.2, 0.25) is 5.95 Å². The van der Waals surface area contributed by atoms with Gasteiger partial charge in [-0.25, -0.2) is 4.98 Å². The molecule has 0 saturated heterocycles. The van der Waals surface area contributed by atoms with E-state index in [1.807, 2.05) is 30.3 Å². The molecule has 4 aromatic heterocycles. The van der Waals surface area contributed by atoms with E-state index in [1.165, 1.54) is 15.5 Å². The molecule has 11 rings (SSSR count). The Labute approximate surface area is 295 Å². The van der Waals surface area contributed by atoms with E-state index in [2.05, 4.69) is 132 Å². The summed E-state index contributed by atoms with van der Waals surface area (Å²) in [7, 11) is 0. The van der Waals surface area contributed by atoms with Crippen LogP contribution in [0.4, 0.5) is 0 Å². The van der Waals surface area contributed by atoms with Gasteiger partial charge in [0.1, 0.15) is 11.2 Å². The predicted molar refractivity (Wildman–Crippen MR) is 211 cm³/mol. The van der Waals surface area contributed by atoms with Crippen molar-refractivity contribution >= 4 is 75.3 Å². The van der Waals surface area contributed by atoms with E-state index in [-0.39, 0.29) is 0 Å². The molecule has 7 aromatic carbocycles. The van der Waals surface area contributed by atoms with Crippen molar-refractivity contribution in [3.8, 4) is 39.9 Å². The molecule has 0 unspecified atom stereocenters. The van der Waals surface area contributed by atoms with Crippen LogP contribution in [0.2, 0.25) is 0 Å². The number of fused-ring (bicyclic) bond motifs is 9. The summed E-state index contributed by atoms with van der Waals surface area (Å²) in [6.07, 6.45) is 0. The molecule has 0 bridgehead atoms. The molecule has 0 N–H and O–H groups in total. The minimum atomic E-state index is 0.595. The SMILES string of the molecule is c1ccc(-c2nc(-c3cccc4c3sc3cc(-c5cccc6oc7ccccc7c56)ccc34)nc(-n3c4ccccc4c4ccccc43)n2)cc1. The maximum atomic E-state index is 6.22. The molecule has 0 atom stereocenters. The molecule has 0 fully saturated rings. The Morgan fingerprint density at radius 1 is 0.451 bits per heavy atom. The fourth-order valence-electron chi connectivity index (χ4n) is 7.60. The van der Waals surface area contributed by atoms with Crippen molar-refractivity contribution in [2.24, 2.45) is 0 Å². The molecule has 0 aliphatic carbocycles. The van der Waals surface area contributed by atoms with Crippen molar-refractivity contribution < 1.29 is 4.42 Å². The van der Waals surface area contributed by atoms with Crippen molar-refractivity contribution in [1.29, 1.82) is 0 Å². The van der Waals surface area contributed by atoms with E-state index < -0.39 is 0 Å². The van der Waals surface area contributed by atoms with Crippen molar-refractivity contribution in [2.45, 2.75) is 0 Å². The summed E-state index contributed by atoms with van der Waals surface area (Å²) in [5, 5.41) is 7.00. The second kappa shape index (κ2) is 10.9. The molecule has 11 aromatic rings. The molecule has 238 valence electrons. The Morgan fingerprint density at radius 2 is 1.10 bits per heavy atom. The average Bonchev–Trinajstić information content (AvgIpc) is 3.87. The third-order valence-electron chi connectivity index (χ3n) is 9.89. The van der Waals surface area contributed by atoms with Gasteiger partial charge in [-0.1, -0.05) is 121 Å². The summed E-state index contributed by atoms with van der Waals surface area (Å²) >= 11 is 1.78. The molecule has 0 aliphatic heterocycles. The van der Waals surface area contributed by atoms with Crippen LogP contribution in [0, 0.1) is 0 Å². The lowest BCUT2D eigenvalue weighted by atomic mass is 9.98. The first-order valence-corrected chi connectivity index (χ1v) is 17.8. The fourth-order valence-corrected chi connectivity index (χ4v) is 8.85. The van der Waals surface area contributed by atoms with Crippen LogP contribution < -0.4 is 0 Å². The quantitative estimate of drug-likeness (QED) is 0.187. The second-order valence-corrected chi connectivity index (χ2v) is 13.8. The fraction of sp³-hybridized carbons (Fsp3) is 0. The summed E-state index contributed by atoms with van der Waals surface area (Å²) in [5.74, 6) is 1.88. The van der Waals surface area contributed by atoms with E-state index in [4.69, 9.17) is 19.4 Å². The number of hydrogen-bond acceptors (Lipinski definition) is 5. The van der Waals surface area contributed by atoms with Crippen molar-refractivity contribution in [1.82, 2.24) is 19.5 Å². The van der Waals surface area contributed by atoms with Crippen LogP contribution in [0.15, 0.2) is 162 Å². The van der Waals surface area contributed by atoms with Gasteiger partial charge in [-0.3, -0.25) is 4.57 Å². The Hall–Kier alpha value is -6.63. The topological polar surface area (TPSA) is 56.7 Å². The van der Waals surface area contributed by atoms with Gasteiger partial charge >= 0.3 is 0 Å². The molecule has 51 heavy (non-hydrogen) atoms. The predicted octanol–water partition coefficient (Wildman–Crippen LogP) is 12.2. The molecule has 0 spiro atoms. The number of aromatic nitrogens is 4. The Balaban J connectivity index is 1.14. The van der Waals surface area contributed by atoms with Crippen molar-refractivity contribution in [3.05, 3.63) is 158 Å². The maximum Gasteiger partial charge on any atom is 0.238 e. The molecule has 6 heteroatoms. The highest BCUT2D eigenvalue weighted by atomic mass is 32.1. The summed E-state index contributed by atoms with van der Waals surface area (Å²) in [5.41, 5.74) is 8.17. The lowest BCUT2D eigenvalue weighted by Gasteiger charge is -2.11. The van der Waals surface area contributed by atoms with Crippen LogP contribution >= 0.6 is 11.3 Å². The van der Waals surface area contributed by atoms with Crippen LogP contribution in [-0.4, -0.2) is 19.5 Å². The zero-order chi connectivity index (χ0) is 33.5. The number of thiophene rings is 1. The van der Waals surface area contributed by atoms with E-state index >= 15 is 0 Å². The maximum absolute atomic E-state index is 6.22. The zero-order valence-electron chi connectivity index (χ0n) is 27.1. The van der Waals surface area contributed by atoms with E-state index in [0.29, 0.717) is 17.6 Å². The lowest BCUT2D eigenvalue weighted by molar-refractivity contribution is 0.669. The lowest BCUT2D eigenvalue weighted by Crippen LogP contribution is -2.06. The summed E-state index contributed by atoms with van der Waals surface area (Å²) in [4.78, 5) is 15.5. The van der Waals surface area contributed by atoms with Gasteiger partial charge in [0.15, 0.2) is 11.6 Å². The third kappa shape index (κ3) is 4.30. The van der Waals surface area contributed by atoms with Crippen LogP contribution in [0.25, 0.3) is 104 Å². The normalized spacial score (nSPS) is 11.9. The van der Waals surface area contributed by atoms with Crippen molar-refractivity contribution in [2.75, 3.05) is 0 Å². The van der Waals surface area contributed by atoms with Crippen LogP contribution in [0.3, 0.4) is 0 Å². The standard InChI is InChI=1S/C45H26N4OS/c1-2-12-27(13-3-1)43-46-44(48-45(47-43)49-36-20-7-4-14-30(36)31-15-5-8-21-37(31)49)35-19-10-18-33-32-25-24-28(26-40(32)51-42(33)35)29-17-11-23-39-41(29)34-16-6-9-22-38(34)50-39/h1-26H. The molecule has 0 aliphatic rings. The number of nitrogens with zero attached hydrogens (tertiary/aromatic N) is 4. The number of benzene rings is 7. The molecule has 0 amide bonds. The summed E-state index contributed by atoms with van der Waals surface area (Å²) in [6.45, 7) is 0. The minimum Gasteiger partial charge on any atom is -0.456 e. The third-order valence-corrected chi connectivity index (χ3v) is 11.1. The van der Waals surface area contributed by atoms with Crippen molar-refractivity contribution in [3.63, 3.8) is 0 Å². The zero-order valence-corrected chi connectivity index (χ0v) is 27.9. The van der Waals surface area contributed by atoms with Gasteiger partial charge < -0.3 is 4.42 Å². The largest absolute Gasteiger partial charge is 0.456 e. The first kappa shape index (κ1) is 28.2. The van der Waals surface area contributed by atoms with E-state index in [9.17, 15) is 0 Å². The summed E-state index contributed by atoms with van der Waals surface area (Å²) < 4.78 is 10.7. The Bertz CT molecular complexity index is 3100. The van der Waals surface area contributed by atoms with Gasteiger partial charge in [0.05, 0.1) is 11.0 Å². The smallest absolute Gasteiger partial charge is 0.238 e. The molecule has 4 heterocycles. The molecule has 0 radical (unpaired) electrons. The molecule has 5 nitrogen and oxygen atoms in total. The van der Waals surface area contributed by atoms with E-state index in [0.717, 1.165) is 70.7 Å². The van der Waals surface area contributed by atoms with Gasteiger partial charge in [-0.2, -0.15) is 9.97 Å². The monoisotopic (exact) mass is 670 g/mol. The number of furan rings is 1. The van der Waals surface area contributed by atoms with E-state index in [1.54, 1.807) is 11.3 Å². The number of hydrogen-bond donors (Lipinski definition) is 0. The Kier molecular flexibility index (Phi) is 6.05. The van der Waals surface area contributed by atoms with Gasteiger partial charge in [-0.05, 0) is 47.5 Å². The highest BCUT2D eigenvalue weighted by Gasteiger charge is 2.20. The average molecular weight is 671 g/mol. The molecule has 0 saturated carbocycles. The number of rotatable bonds is 4. The highest BCUT2D eigenvalue weighted by Crippen LogP contribution is 2.43. The molecular weight excluding hydrogens is 645 g/mol. The summed E-state index contributed by atoms with van der Waals surface area (Å²) in [6, 6.07) is 54.9. The second-order valence-electron chi connectivity index (χ2n) is 12.8. The van der Waals surface area contributed by atoms with Crippen LogP contribution in [-0.2, 0) is 0 Å². The Morgan fingerprint density at radius 3 is 1.92 bits per heavy atom. The van der Waals surface area contributed by atoms with Crippen LogP contribution in [0.5, 0.6) is 0 Å². The molecular formula is C45H26N4OS. The first-order chi connectivity index (χ1) is 25.3.